The van der Waals surface area contributed by atoms with Gasteiger partial charge in [0.05, 0.1) is 25.8 Å². The smallest absolute Gasteiger partial charge is 0.166 e. The number of hydrogen-bond donors (Lipinski definition) is 0. The molecule has 0 N–H and O–H groups in total. The first-order chi connectivity index (χ1) is 16.6. The van der Waals surface area contributed by atoms with Crippen molar-refractivity contribution < 1.29 is 44.3 Å². The summed E-state index contributed by atoms with van der Waals surface area (Å²) in [7, 11) is -13.3. The molecule has 0 aliphatic carbocycles. The highest BCUT2D eigenvalue weighted by Gasteiger charge is 2.63. The minimum absolute atomic E-state index is 0.322. The highest BCUT2D eigenvalue weighted by molar-refractivity contribution is 9.10. The average molecular weight is 769 g/mol. The Bertz CT molecular complexity index is 1350. The van der Waals surface area contributed by atoms with Gasteiger partial charge in [0.1, 0.15) is 0 Å². The molecular formula is C21H13Br2Cl2F11S2. The van der Waals surface area contributed by atoms with Crippen LogP contribution in [0.5, 0.6) is 0 Å². The summed E-state index contributed by atoms with van der Waals surface area (Å²) in [5, 5.41) is -1.71. The zero-order valence-corrected chi connectivity index (χ0v) is 24.3. The van der Waals surface area contributed by atoms with E-state index in [0.717, 1.165) is 36.4 Å². The summed E-state index contributed by atoms with van der Waals surface area (Å²) in [4.78, 5) is -2.96. The average Bonchev–Trinajstić information content (AvgIpc) is 2.71. The van der Waals surface area contributed by atoms with Gasteiger partial charge >= 0.3 is 6.18 Å². The summed E-state index contributed by atoms with van der Waals surface area (Å²) in [6.45, 7) is 0. The first-order valence-electron chi connectivity index (χ1n) is 9.42. The molecular weight excluding hydrogens is 756 g/mol. The summed E-state index contributed by atoms with van der Waals surface area (Å²) in [5.74, 6) is 0. The molecule has 0 aliphatic heterocycles. The van der Waals surface area contributed by atoms with Crippen LogP contribution in [-0.4, -0.2) is 0 Å². The fourth-order valence-corrected chi connectivity index (χ4v) is 6.12. The molecule has 0 aliphatic rings. The van der Waals surface area contributed by atoms with Crippen LogP contribution >= 0.6 is 73.0 Å². The Hall–Kier alpha value is -1.13. The van der Waals surface area contributed by atoms with E-state index < -0.39 is 50.9 Å². The van der Waals surface area contributed by atoms with Gasteiger partial charge in [-0.2, -0.15) is 13.2 Å². The van der Waals surface area contributed by atoms with Crippen LogP contribution in [0.1, 0.15) is 11.1 Å². The Kier molecular flexibility index (Phi) is 8.00. The van der Waals surface area contributed by atoms with Gasteiger partial charge in [0.2, 0.25) is 9.84 Å². The predicted octanol–water partition coefficient (Wildman–Crippen LogP) is 13.9. The summed E-state index contributed by atoms with van der Waals surface area (Å²) in [6, 6.07) is 9.13. The lowest BCUT2D eigenvalue weighted by atomic mass is 10.1. The van der Waals surface area contributed by atoms with E-state index in [1.807, 2.05) is 0 Å². The van der Waals surface area contributed by atoms with Crippen molar-refractivity contribution in [1.29, 1.82) is 0 Å². The van der Waals surface area contributed by atoms with Gasteiger partial charge in [-0.15, -0.1) is 31.1 Å². The fraction of sp³-hybridized carbons (Fsp3) is 0.0476. The molecule has 0 fully saturated rings. The molecule has 0 atom stereocenters. The molecule has 3 aromatic rings. The molecule has 214 valence electrons. The normalized spacial score (nSPS) is 16.8. The zero-order chi connectivity index (χ0) is 29.6. The van der Waals surface area contributed by atoms with Gasteiger partial charge in [-0.3, -0.25) is 0 Å². The monoisotopic (exact) mass is 766 g/mol. The number of halogens is 15. The van der Waals surface area contributed by atoms with Crippen LogP contribution in [0.15, 0.2) is 96.9 Å². The molecule has 0 bridgehead atoms. The van der Waals surface area contributed by atoms with Crippen LogP contribution in [0.2, 0.25) is 0 Å². The lowest BCUT2D eigenvalue weighted by molar-refractivity contribution is -0.137. The number of benzene rings is 3. The summed E-state index contributed by atoms with van der Waals surface area (Å²) in [5.41, 5.74) is -1.44. The molecule has 3 rings (SSSR count). The summed E-state index contributed by atoms with van der Waals surface area (Å²) >= 11 is 11.4. The maximum absolute atomic E-state index is 14.3. The standard InChI is InChI=1S/C15H9BrClF7S.C6H4BrClF4S/c16-12-5-7-13(8-6-12)25(21,22,23,24)9-14(17)10-1-3-11(4-2-10)15(18,19)20;7-5-1-3-6(4-2-5)13(8,9,10,11)12/h1-9H;1-4H/b14-9+;. The first-order valence-corrected chi connectivity index (χ1v) is 16.4. The van der Waals surface area contributed by atoms with E-state index in [2.05, 4.69) is 42.5 Å². The van der Waals surface area contributed by atoms with Crippen LogP contribution in [0.4, 0.5) is 44.3 Å². The molecule has 17 heteroatoms. The van der Waals surface area contributed by atoms with E-state index >= 15 is 0 Å². The Morgan fingerprint density at radius 3 is 1.34 bits per heavy atom. The van der Waals surface area contributed by atoms with Crippen molar-refractivity contribution in [1.82, 2.24) is 0 Å². The van der Waals surface area contributed by atoms with Crippen molar-refractivity contribution in [3.8, 4) is 0 Å². The molecule has 0 saturated carbocycles. The van der Waals surface area contributed by atoms with Gasteiger partial charge in [-0.05, 0) is 66.2 Å². The van der Waals surface area contributed by atoms with Crippen LogP contribution < -0.4 is 0 Å². The van der Waals surface area contributed by atoms with E-state index in [9.17, 15) is 44.3 Å². The van der Waals surface area contributed by atoms with Crippen molar-refractivity contribution in [2.75, 3.05) is 0 Å². The van der Waals surface area contributed by atoms with E-state index in [1.54, 1.807) is 0 Å². The molecule has 0 nitrogen and oxygen atoms in total. The van der Waals surface area contributed by atoms with Crippen molar-refractivity contribution >= 4 is 78.1 Å². The molecule has 38 heavy (non-hydrogen) atoms. The second-order valence-electron chi connectivity index (χ2n) is 7.55. The molecule has 0 unspecified atom stereocenters. The van der Waals surface area contributed by atoms with Crippen LogP contribution in [0, 0.1) is 0 Å². The van der Waals surface area contributed by atoms with Crippen LogP contribution in [-0.2, 0) is 6.18 Å². The van der Waals surface area contributed by atoms with Gasteiger partial charge in [-0.25, -0.2) is 0 Å². The third-order valence-electron chi connectivity index (χ3n) is 4.39. The Morgan fingerprint density at radius 1 is 0.632 bits per heavy atom. The van der Waals surface area contributed by atoms with Gasteiger partial charge in [0.15, 0.2) is 0 Å². The van der Waals surface area contributed by atoms with E-state index in [4.69, 9.17) is 11.6 Å². The topological polar surface area (TPSA) is 0 Å². The van der Waals surface area contributed by atoms with Crippen molar-refractivity contribution in [2.24, 2.45) is 0 Å². The largest absolute Gasteiger partial charge is 0.416 e. The van der Waals surface area contributed by atoms with Crippen LogP contribution in [0.25, 0.3) is 5.03 Å². The first kappa shape index (κ1) is 33.1. The molecule has 0 amide bonds. The second kappa shape index (κ2) is 9.20. The third kappa shape index (κ3) is 9.22. The third-order valence-corrected chi connectivity index (χ3v) is 9.57. The molecule has 0 radical (unpaired) electrons. The quantitative estimate of drug-likeness (QED) is 0.232. The molecule has 0 spiro atoms. The summed E-state index contributed by atoms with van der Waals surface area (Å²) < 4.78 is 145. The Balaban J connectivity index is 0.000000328. The minimum atomic E-state index is -8.87. The molecule has 3 aromatic carbocycles. The van der Waals surface area contributed by atoms with Crippen molar-refractivity contribution in [3.05, 3.63) is 98.3 Å². The van der Waals surface area contributed by atoms with Gasteiger partial charge in [-0.1, -0.05) is 55.6 Å². The van der Waals surface area contributed by atoms with Gasteiger partial charge in [0.25, 0.3) is 9.05 Å². The molecule has 0 saturated heterocycles. The van der Waals surface area contributed by atoms with E-state index in [0.29, 0.717) is 45.3 Å². The van der Waals surface area contributed by atoms with E-state index in [-0.39, 0.29) is 5.56 Å². The maximum atomic E-state index is 14.3. The van der Waals surface area contributed by atoms with Crippen molar-refractivity contribution in [3.63, 3.8) is 0 Å². The van der Waals surface area contributed by atoms with Crippen LogP contribution in [0.3, 0.4) is 0 Å². The van der Waals surface area contributed by atoms with Crippen molar-refractivity contribution in [2.45, 2.75) is 16.0 Å². The second-order valence-corrected chi connectivity index (χ2v) is 17.0. The van der Waals surface area contributed by atoms with Gasteiger partial charge < -0.3 is 0 Å². The van der Waals surface area contributed by atoms with E-state index in [1.165, 1.54) is 0 Å². The highest BCUT2D eigenvalue weighted by atomic mass is 79.9. The number of alkyl halides is 3. The predicted molar refractivity (Wildman–Crippen MR) is 140 cm³/mol. The minimum Gasteiger partial charge on any atom is -0.166 e. The highest BCUT2D eigenvalue weighted by Crippen LogP contribution is 3.04. The fourth-order valence-electron chi connectivity index (χ4n) is 2.57. The Morgan fingerprint density at radius 2 is 1.00 bits per heavy atom. The lowest BCUT2D eigenvalue weighted by Crippen LogP contribution is -2.10. The SMILES string of the molecule is FC(F)(F)c1ccc(/C(Cl)=C\S(F)(F)(F)(F)c2ccc(Br)cc2)cc1.FS(F)(F)(F)(Cl)c1ccc(Br)cc1. The maximum Gasteiger partial charge on any atom is 0.416 e. The molecule has 0 aromatic heterocycles. The zero-order valence-electron chi connectivity index (χ0n) is 18.0. The lowest BCUT2D eigenvalue weighted by Gasteiger charge is -2.47. The summed E-state index contributed by atoms with van der Waals surface area (Å²) in [6.07, 6.45) is -4.65. The number of hydrogen-bond acceptors (Lipinski definition) is 0. The number of rotatable bonds is 4. The Labute approximate surface area is 235 Å². The van der Waals surface area contributed by atoms with Gasteiger partial charge in [0, 0.05) is 19.6 Å². The molecule has 0 heterocycles.